The molecule has 0 fully saturated rings. The molecule has 25 heavy (non-hydrogen) atoms. The largest absolute Gasteiger partial charge is 0.397 e. The summed E-state index contributed by atoms with van der Waals surface area (Å²) in [5.74, 6) is 0. The van der Waals surface area contributed by atoms with Crippen molar-refractivity contribution in [3.63, 3.8) is 0 Å². The van der Waals surface area contributed by atoms with Crippen LogP contribution < -0.4 is 0 Å². The molecule has 0 aromatic carbocycles. The lowest BCUT2D eigenvalue weighted by atomic mass is 10.1. The molecule has 0 radical (unpaired) electrons. The van der Waals surface area contributed by atoms with Gasteiger partial charge in [0.1, 0.15) is 0 Å². The fraction of sp³-hybridized carbons (Fsp3) is 0.900. The maximum atomic E-state index is 10.3. The zero-order chi connectivity index (χ0) is 18.6. The predicted octanol–water partition coefficient (Wildman–Crippen LogP) is 6.62. The summed E-state index contributed by atoms with van der Waals surface area (Å²) < 4.78 is 33.4. The quantitative estimate of drug-likeness (QED) is 0.156. The Bertz CT molecular complexity index is 391. The smallest absolute Gasteiger partial charge is 0.264 e. The van der Waals surface area contributed by atoms with Crippen molar-refractivity contribution in [3.05, 3.63) is 12.2 Å². The van der Waals surface area contributed by atoms with Crippen LogP contribution >= 0.6 is 0 Å². The lowest BCUT2D eigenvalue weighted by molar-refractivity contribution is 0.261. The monoisotopic (exact) mass is 376 g/mol. The molecule has 0 saturated carbocycles. The van der Waals surface area contributed by atoms with Gasteiger partial charge in [-0.1, -0.05) is 89.7 Å². The fourth-order valence-corrected chi connectivity index (χ4v) is 3.20. The molecular formula is C20H40O4S. The van der Waals surface area contributed by atoms with Crippen molar-refractivity contribution in [2.45, 2.75) is 110 Å². The first-order valence-corrected chi connectivity index (χ1v) is 11.7. The lowest BCUT2D eigenvalue weighted by Crippen LogP contribution is -2.04. The van der Waals surface area contributed by atoms with Crippen LogP contribution in [0.2, 0.25) is 0 Å². The SMILES string of the molecule is CCCCCCCCCCC=CCCCCCCCCOS(=O)(=O)O. The zero-order valence-electron chi connectivity index (χ0n) is 16.3. The molecule has 1 N–H and O–H groups in total. The Balaban J connectivity index is 3.13. The van der Waals surface area contributed by atoms with Gasteiger partial charge in [0.15, 0.2) is 0 Å². The Morgan fingerprint density at radius 1 is 0.680 bits per heavy atom. The first kappa shape index (κ1) is 24.6. The van der Waals surface area contributed by atoms with Crippen molar-refractivity contribution in [2.24, 2.45) is 0 Å². The summed E-state index contributed by atoms with van der Waals surface area (Å²) in [5.41, 5.74) is 0. The Morgan fingerprint density at radius 3 is 1.52 bits per heavy atom. The van der Waals surface area contributed by atoms with Gasteiger partial charge in [-0.25, -0.2) is 4.18 Å². The summed E-state index contributed by atoms with van der Waals surface area (Å²) in [6.45, 7) is 2.35. The summed E-state index contributed by atoms with van der Waals surface area (Å²) in [6, 6.07) is 0. The Kier molecular flexibility index (Phi) is 18.1. The molecule has 0 amide bonds. The third-order valence-corrected chi connectivity index (χ3v) is 4.85. The van der Waals surface area contributed by atoms with Gasteiger partial charge in [-0.3, -0.25) is 4.55 Å². The number of hydrogen-bond acceptors (Lipinski definition) is 3. The lowest BCUT2D eigenvalue weighted by Gasteiger charge is -2.01. The highest BCUT2D eigenvalue weighted by atomic mass is 32.3. The van der Waals surface area contributed by atoms with Gasteiger partial charge in [-0.05, 0) is 32.1 Å². The third-order valence-electron chi connectivity index (χ3n) is 4.39. The first-order valence-electron chi connectivity index (χ1n) is 10.3. The molecule has 150 valence electrons. The minimum absolute atomic E-state index is 0.0836. The average molecular weight is 377 g/mol. The van der Waals surface area contributed by atoms with Crippen LogP contribution in [0.5, 0.6) is 0 Å². The van der Waals surface area contributed by atoms with E-state index in [4.69, 9.17) is 4.55 Å². The first-order chi connectivity index (χ1) is 12.1. The topological polar surface area (TPSA) is 63.6 Å². The van der Waals surface area contributed by atoms with Crippen LogP contribution in [-0.4, -0.2) is 19.6 Å². The molecule has 0 heterocycles. The van der Waals surface area contributed by atoms with E-state index in [0.29, 0.717) is 6.42 Å². The van der Waals surface area contributed by atoms with Crippen LogP contribution in [0.15, 0.2) is 12.2 Å². The van der Waals surface area contributed by atoms with Gasteiger partial charge in [0.2, 0.25) is 0 Å². The van der Waals surface area contributed by atoms with E-state index in [1.165, 1.54) is 83.5 Å². The Labute approximate surface area is 156 Å². The van der Waals surface area contributed by atoms with E-state index in [1.54, 1.807) is 0 Å². The van der Waals surface area contributed by atoms with Gasteiger partial charge in [0, 0.05) is 0 Å². The van der Waals surface area contributed by atoms with E-state index in [0.717, 1.165) is 12.8 Å². The second-order valence-electron chi connectivity index (χ2n) is 6.89. The van der Waals surface area contributed by atoms with Gasteiger partial charge in [0.05, 0.1) is 6.61 Å². The van der Waals surface area contributed by atoms with Crippen molar-refractivity contribution in [1.82, 2.24) is 0 Å². The van der Waals surface area contributed by atoms with E-state index in [9.17, 15) is 8.42 Å². The predicted molar refractivity (Wildman–Crippen MR) is 106 cm³/mol. The minimum Gasteiger partial charge on any atom is -0.264 e. The zero-order valence-corrected chi connectivity index (χ0v) is 17.1. The maximum Gasteiger partial charge on any atom is 0.397 e. The molecule has 0 bridgehead atoms. The van der Waals surface area contributed by atoms with Crippen molar-refractivity contribution >= 4 is 10.4 Å². The Morgan fingerprint density at radius 2 is 1.08 bits per heavy atom. The summed E-state index contributed by atoms with van der Waals surface area (Å²) in [4.78, 5) is 0. The van der Waals surface area contributed by atoms with Crippen molar-refractivity contribution < 1.29 is 17.2 Å². The van der Waals surface area contributed by atoms with E-state index < -0.39 is 10.4 Å². The maximum absolute atomic E-state index is 10.3. The van der Waals surface area contributed by atoms with Crippen LogP contribution in [0, 0.1) is 0 Å². The molecule has 0 spiro atoms. The van der Waals surface area contributed by atoms with Gasteiger partial charge in [-0.2, -0.15) is 8.42 Å². The van der Waals surface area contributed by atoms with E-state index in [2.05, 4.69) is 23.3 Å². The number of hydrogen-bond donors (Lipinski definition) is 1. The average Bonchev–Trinajstić information content (AvgIpc) is 2.56. The highest BCUT2D eigenvalue weighted by molar-refractivity contribution is 7.80. The molecule has 0 aliphatic carbocycles. The Hall–Kier alpha value is -0.390. The van der Waals surface area contributed by atoms with Crippen LogP contribution in [0.1, 0.15) is 110 Å². The molecule has 0 aliphatic rings. The molecule has 0 saturated heterocycles. The molecule has 0 aromatic heterocycles. The highest BCUT2D eigenvalue weighted by Crippen LogP contribution is 2.11. The van der Waals surface area contributed by atoms with Gasteiger partial charge >= 0.3 is 10.4 Å². The second kappa shape index (κ2) is 18.4. The second-order valence-corrected chi connectivity index (χ2v) is 7.99. The summed E-state index contributed by atoms with van der Waals surface area (Å²) in [5, 5.41) is 0. The summed E-state index contributed by atoms with van der Waals surface area (Å²) in [7, 11) is -4.25. The van der Waals surface area contributed by atoms with Crippen LogP contribution in [0.4, 0.5) is 0 Å². The normalized spacial score (nSPS) is 12.2. The van der Waals surface area contributed by atoms with E-state index >= 15 is 0 Å². The van der Waals surface area contributed by atoms with Crippen LogP contribution in [-0.2, 0) is 14.6 Å². The molecular weight excluding hydrogens is 336 g/mol. The van der Waals surface area contributed by atoms with Crippen molar-refractivity contribution in [2.75, 3.05) is 6.61 Å². The van der Waals surface area contributed by atoms with E-state index in [-0.39, 0.29) is 6.61 Å². The van der Waals surface area contributed by atoms with Gasteiger partial charge in [0.25, 0.3) is 0 Å². The minimum atomic E-state index is -4.25. The highest BCUT2D eigenvalue weighted by Gasteiger charge is 2.02. The van der Waals surface area contributed by atoms with Gasteiger partial charge < -0.3 is 0 Å². The van der Waals surface area contributed by atoms with Crippen molar-refractivity contribution in [1.29, 1.82) is 0 Å². The van der Waals surface area contributed by atoms with Gasteiger partial charge in [-0.15, -0.1) is 0 Å². The van der Waals surface area contributed by atoms with Crippen LogP contribution in [0.25, 0.3) is 0 Å². The van der Waals surface area contributed by atoms with Crippen molar-refractivity contribution in [3.8, 4) is 0 Å². The molecule has 4 nitrogen and oxygen atoms in total. The molecule has 0 atom stereocenters. The molecule has 0 aromatic rings. The number of unbranched alkanes of at least 4 members (excludes halogenated alkanes) is 14. The molecule has 5 heteroatoms. The molecule has 0 rings (SSSR count). The molecule has 0 aliphatic heterocycles. The molecule has 0 unspecified atom stereocenters. The third kappa shape index (κ3) is 23.6. The number of allylic oxidation sites excluding steroid dienone is 2. The summed E-state index contributed by atoms with van der Waals surface area (Å²) in [6.07, 6.45) is 24.5. The fourth-order valence-electron chi connectivity index (χ4n) is 2.87. The summed E-state index contributed by atoms with van der Waals surface area (Å²) >= 11 is 0. The van der Waals surface area contributed by atoms with E-state index in [1.807, 2.05) is 0 Å². The number of rotatable bonds is 19. The standard InChI is InChI=1S/C20H40O4S/c1-2-3-4-5-6-7-8-9-10-11-12-13-14-15-16-17-18-19-20-24-25(21,22)23/h11-12H,2-10,13-20H2,1H3,(H,21,22,23). The van der Waals surface area contributed by atoms with Crippen LogP contribution in [0.3, 0.4) is 0 Å².